The summed E-state index contributed by atoms with van der Waals surface area (Å²) < 4.78 is 0. The maximum atomic E-state index is 11.3. The van der Waals surface area contributed by atoms with E-state index in [9.17, 15) is 4.79 Å². The maximum Gasteiger partial charge on any atom is 0.234 e. The van der Waals surface area contributed by atoms with Gasteiger partial charge in [0.2, 0.25) is 5.91 Å². The van der Waals surface area contributed by atoms with Crippen molar-refractivity contribution in [2.24, 2.45) is 0 Å². The smallest absolute Gasteiger partial charge is 0.234 e. The van der Waals surface area contributed by atoms with Gasteiger partial charge in [0.1, 0.15) is 0 Å². The molecule has 1 aromatic rings. The molecule has 1 fully saturated rings. The van der Waals surface area contributed by atoms with Crippen molar-refractivity contribution in [1.82, 2.24) is 10.2 Å². The highest BCUT2D eigenvalue weighted by Gasteiger charge is 2.20. The van der Waals surface area contributed by atoms with Crippen molar-refractivity contribution in [2.75, 3.05) is 13.1 Å². The van der Waals surface area contributed by atoms with Gasteiger partial charge in [0.15, 0.2) is 0 Å². The Morgan fingerprint density at radius 3 is 2.53 bits per heavy atom. The first-order chi connectivity index (χ1) is 8.24. The Morgan fingerprint density at radius 1 is 1.29 bits per heavy atom. The molecule has 0 saturated carbocycles. The molecule has 1 heterocycles. The van der Waals surface area contributed by atoms with Gasteiger partial charge in [-0.3, -0.25) is 9.69 Å². The molecule has 0 aliphatic carbocycles. The minimum Gasteiger partial charge on any atom is -0.351 e. The average molecular weight is 234 g/mol. The van der Waals surface area contributed by atoms with E-state index in [1.165, 1.54) is 5.56 Å². The molecule has 1 saturated heterocycles. The summed E-state index contributed by atoms with van der Waals surface area (Å²) in [6, 6.07) is 10.5. The summed E-state index contributed by atoms with van der Waals surface area (Å²) in [5.41, 5.74) is 1.26. The van der Waals surface area contributed by atoms with Gasteiger partial charge in [-0.05, 0) is 12.5 Å². The lowest BCUT2D eigenvalue weighted by atomic mass is 10.1. The Hall–Kier alpha value is -1.35. The van der Waals surface area contributed by atoms with Crippen LogP contribution in [0.4, 0.5) is 0 Å². The first-order valence-corrected chi connectivity index (χ1v) is 6.29. The standard InChI is InChI=1S/C12H16N2O.C2H6/c1-10-7-14(9-12(15)13-10)8-11-5-3-2-4-6-11;1-2/h2-6,10H,7-9H2,1H3,(H,13,15);1-2H3/t10-;/m0./s1. The molecular formula is C14H22N2O. The quantitative estimate of drug-likeness (QED) is 0.849. The molecule has 1 aromatic carbocycles. The van der Waals surface area contributed by atoms with E-state index in [0.29, 0.717) is 6.54 Å². The van der Waals surface area contributed by atoms with Crippen LogP contribution in [0.1, 0.15) is 26.3 Å². The molecule has 94 valence electrons. The summed E-state index contributed by atoms with van der Waals surface area (Å²) in [5.74, 6) is 0.129. The summed E-state index contributed by atoms with van der Waals surface area (Å²) in [7, 11) is 0. The van der Waals surface area contributed by atoms with Gasteiger partial charge < -0.3 is 5.32 Å². The van der Waals surface area contributed by atoms with E-state index in [1.54, 1.807) is 0 Å². The van der Waals surface area contributed by atoms with Gasteiger partial charge in [0, 0.05) is 19.1 Å². The number of nitrogens with zero attached hydrogens (tertiary/aromatic N) is 1. The van der Waals surface area contributed by atoms with Crippen molar-refractivity contribution < 1.29 is 4.79 Å². The Kier molecular flexibility index (Phi) is 5.70. The Labute approximate surface area is 104 Å². The van der Waals surface area contributed by atoms with Crippen LogP contribution in [-0.4, -0.2) is 29.9 Å². The number of piperazine rings is 1. The molecular weight excluding hydrogens is 212 g/mol. The number of nitrogens with one attached hydrogen (secondary N) is 1. The largest absolute Gasteiger partial charge is 0.351 e. The van der Waals surface area contributed by atoms with Crippen molar-refractivity contribution in [3.63, 3.8) is 0 Å². The van der Waals surface area contributed by atoms with Gasteiger partial charge in [-0.25, -0.2) is 0 Å². The van der Waals surface area contributed by atoms with Gasteiger partial charge in [-0.1, -0.05) is 44.2 Å². The lowest BCUT2D eigenvalue weighted by Crippen LogP contribution is -2.52. The van der Waals surface area contributed by atoms with Crippen LogP contribution in [0.3, 0.4) is 0 Å². The van der Waals surface area contributed by atoms with E-state index in [0.717, 1.165) is 13.1 Å². The van der Waals surface area contributed by atoms with E-state index < -0.39 is 0 Å². The molecule has 1 amide bonds. The van der Waals surface area contributed by atoms with Crippen molar-refractivity contribution in [3.05, 3.63) is 35.9 Å². The molecule has 0 radical (unpaired) electrons. The normalized spacial score (nSPS) is 20.2. The van der Waals surface area contributed by atoms with Crippen molar-refractivity contribution >= 4 is 5.91 Å². The highest BCUT2D eigenvalue weighted by atomic mass is 16.2. The van der Waals surface area contributed by atoms with Gasteiger partial charge >= 0.3 is 0 Å². The van der Waals surface area contributed by atoms with E-state index in [2.05, 4.69) is 22.3 Å². The lowest BCUT2D eigenvalue weighted by Gasteiger charge is -2.31. The Bertz CT molecular complexity index is 337. The highest BCUT2D eigenvalue weighted by molar-refractivity contribution is 5.79. The fourth-order valence-corrected chi connectivity index (χ4v) is 1.98. The van der Waals surface area contributed by atoms with Gasteiger partial charge in [0.25, 0.3) is 0 Å². The monoisotopic (exact) mass is 234 g/mol. The number of carbonyl (C=O) groups is 1. The summed E-state index contributed by atoms with van der Waals surface area (Å²) in [6.07, 6.45) is 0. The fraction of sp³-hybridized carbons (Fsp3) is 0.500. The third kappa shape index (κ3) is 4.57. The molecule has 3 nitrogen and oxygen atoms in total. The van der Waals surface area contributed by atoms with Crippen LogP contribution < -0.4 is 5.32 Å². The summed E-state index contributed by atoms with van der Waals surface area (Å²) in [6.45, 7) is 8.34. The van der Waals surface area contributed by atoms with Crippen LogP contribution in [0.15, 0.2) is 30.3 Å². The van der Waals surface area contributed by atoms with Gasteiger partial charge in [-0.15, -0.1) is 0 Å². The zero-order valence-electron chi connectivity index (χ0n) is 10.9. The predicted molar refractivity (Wildman–Crippen MR) is 70.7 cm³/mol. The molecule has 0 aromatic heterocycles. The van der Waals surface area contributed by atoms with Crippen LogP contribution >= 0.6 is 0 Å². The number of amides is 1. The number of carbonyl (C=O) groups excluding carboxylic acids is 1. The minimum atomic E-state index is 0.129. The van der Waals surface area contributed by atoms with E-state index >= 15 is 0 Å². The first kappa shape index (κ1) is 13.7. The van der Waals surface area contributed by atoms with Crippen LogP contribution in [0.2, 0.25) is 0 Å². The summed E-state index contributed by atoms with van der Waals surface area (Å²) in [4.78, 5) is 13.5. The Balaban J connectivity index is 0.000000686. The highest BCUT2D eigenvalue weighted by Crippen LogP contribution is 2.07. The van der Waals surface area contributed by atoms with Gasteiger partial charge in [0.05, 0.1) is 6.54 Å². The lowest BCUT2D eigenvalue weighted by molar-refractivity contribution is -0.125. The number of hydrogen-bond donors (Lipinski definition) is 1. The zero-order valence-corrected chi connectivity index (χ0v) is 10.9. The molecule has 2 rings (SSSR count). The second kappa shape index (κ2) is 7.07. The number of rotatable bonds is 2. The van der Waals surface area contributed by atoms with Crippen molar-refractivity contribution in [3.8, 4) is 0 Å². The number of hydrogen-bond acceptors (Lipinski definition) is 2. The molecule has 17 heavy (non-hydrogen) atoms. The van der Waals surface area contributed by atoms with Crippen molar-refractivity contribution in [2.45, 2.75) is 33.4 Å². The molecule has 1 aliphatic rings. The van der Waals surface area contributed by atoms with Crippen LogP contribution in [0.25, 0.3) is 0 Å². The predicted octanol–water partition coefficient (Wildman–Crippen LogP) is 2.03. The van der Waals surface area contributed by atoms with E-state index in [1.807, 2.05) is 39.0 Å². The molecule has 1 atom stereocenters. The zero-order chi connectivity index (χ0) is 12.7. The van der Waals surface area contributed by atoms with Gasteiger partial charge in [-0.2, -0.15) is 0 Å². The summed E-state index contributed by atoms with van der Waals surface area (Å²) in [5, 5.41) is 2.91. The topological polar surface area (TPSA) is 32.3 Å². The molecule has 3 heteroatoms. The van der Waals surface area contributed by atoms with Crippen LogP contribution in [0.5, 0.6) is 0 Å². The van der Waals surface area contributed by atoms with E-state index in [4.69, 9.17) is 0 Å². The van der Waals surface area contributed by atoms with Crippen molar-refractivity contribution in [1.29, 1.82) is 0 Å². The second-order valence-corrected chi connectivity index (χ2v) is 4.12. The minimum absolute atomic E-state index is 0.129. The molecule has 0 spiro atoms. The number of benzene rings is 1. The average Bonchev–Trinajstić information content (AvgIpc) is 2.31. The fourth-order valence-electron chi connectivity index (χ4n) is 1.98. The Morgan fingerprint density at radius 2 is 1.94 bits per heavy atom. The molecule has 0 bridgehead atoms. The first-order valence-electron chi connectivity index (χ1n) is 6.29. The molecule has 0 unspecified atom stereocenters. The maximum absolute atomic E-state index is 11.3. The van der Waals surface area contributed by atoms with E-state index in [-0.39, 0.29) is 11.9 Å². The van der Waals surface area contributed by atoms with Crippen LogP contribution in [0, 0.1) is 0 Å². The molecule has 1 aliphatic heterocycles. The molecule has 1 N–H and O–H groups in total. The third-order valence-electron chi connectivity index (χ3n) is 2.56. The summed E-state index contributed by atoms with van der Waals surface area (Å²) >= 11 is 0. The third-order valence-corrected chi connectivity index (χ3v) is 2.56. The second-order valence-electron chi connectivity index (χ2n) is 4.12. The van der Waals surface area contributed by atoms with Crippen LogP contribution in [-0.2, 0) is 11.3 Å². The SMILES string of the molecule is CC.C[C@H]1CN(Cc2ccccc2)CC(=O)N1.